The van der Waals surface area contributed by atoms with Gasteiger partial charge in [-0.15, -0.1) is 0 Å². The Labute approximate surface area is 200 Å². The van der Waals surface area contributed by atoms with Gasteiger partial charge in [0.05, 0.1) is 12.1 Å². The number of nitrogens with zero attached hydrogens (tertiary/aromatic N) is 4. The summed E-state index contributed by atoms with van der Waals surface area (Å²) in [7, 11) is 0. The Morgan fingerprint density at radius 1 is 1.03 bits per heavy atom. The van der Waals surface area contributed by atoms with Crippen LogP contribution in [-0.4, -0.2) is 37.7 Å². The van der Waals surface area contributed by atoms with E-state index in [2.05, 4.69) is 19.9 Å². The highest BCUT2D eigenvalue weighted by Crippen LogP contribution is 2.43. The normalized spacial score (nSPS) is 23.2. The van der Waals surface area contributed by atoms with Crippen molar-refractivity contribution in [3.05, 3.63) is 46.1 Å². The summed E-state index contributed by atoms with van der Waals surface area (Å²) in [6.07, 6.45) is -8.30. The fourth-order valence-electron chi connectivity index (χ4n) is 5.15. The standard InChI is InChI=1S/C22H20ClF6N5O/c23-11-2-4-15-14(9-11)13-5-6-34(16(17(13)30-15)8-10-1-3-12(35)7-10)20-32-18(21(24,25)26)31-19(33-20)22(27,28)29/h2,4,9-10,12,16,30,35H,1,3,5-8H2/t10-,12+,16-/m0/s1. The van der Waals surface area contributed by atoms with Gasteiger partial charge >= 0.3 is 12.4 Å². The lowest BCUT2D eigenvalue weighted by atomic mass is 9.89. The topological polar surface area (TPSA) is 77.9 Å². The van der Waals surface area contributed by atoms with E-state index in [9.17, 15) is 31.4 Å². The second kappa shape index (κ2) is 8.51. The molecule has 0 unspecified atom stereocenters. The molecule has 0 saturated heterocycles. The zero-order valence-corrected chi connectivity index (χ0v) is 18.8. The van der Waals surface area contributed by atoms with Gasteiger partial charge in [0.2, 0.25) is 17.6 Å². The van der Waals surface area contributed by atoms with Crippen molar-refractivity contribution in [1.29, 1.82) is 0 Å². The fraction of sp³-hybridized carbons (Fsp3) is 0.500. The van der Waals surface area contributed by atoms with Crippen molar-refractivity contribution in [1.82, 2.24) is 19.9 Å². The van der Waals surface area contributed by atoms with Crippen molar-refractivity contribution >= 4 is 28.5 Å². The summed E-state index contributed by atoms with van der Waals surface area (Å²) in [4.78, 5) is 14.2. The number of anilines is 1. The fourth-order valence-corrected chi connectivity index (χ4v) is 5.32. The van der Waals surface area contributed by atoms with Gasteiger partial charge in [-0.1, -0.05) is 11.6 Å². The van der Waals surface area contributed by atoms with Gasteiger partial charge in [-0.2, -0.15) is 36.3 Å². The molecule has 13 heteroatoms. The van der Waals surface area contributed by atoms with Gasteiger partial charge in [-0.3, -0.25) is 0 Å². The molecule has 1 saturated carbocycles. The maximum atomic E-state index is 13.4. The Bertz CT molecular complexity index is 1230. The van der Waals surface area contributed by atoms with Crippen LogP contribution >= 0.6 is 11.6 Å². The summed E-state index contributed by atoms with van der Waals surface area (Å²) in [5.41, 5.74) is 2.35. The van der Waals surface area contributed by atoms with Gasteiger partial charge in [0.15, 0.2) is 0 Å². The molecular weight excluding hydrogens is 500 g/mol. The van der Waals surface area contributed by atoms with Crippen molar-refractivity contribution in [3.8, 4) is 0 Å². The molecule has 2 aliphatic rings. The van der Waals surface area contributed by atoms with E-state index in [4.69, 9.17) is 11.6 Å². The Morgan fingerprint density at radius 3 is 2.31 bits per heavy atom. The molecule has 5 rings (SSSR count). The summed E-state index contributed by atoms with van der Waals surface area (Å²) < 4.78 is 80.4. The molecule has 1 aliphatic heterocycles. The number of alkyl halides is 6. The number of nitrogens with one attached hydrogen (secondary N) is 1. The molecule has 3 aromatic rings. The van der Waals surface area contributed by atoms with Crippen LogP contribution in [0.15, 0.2) is 18.2 Å². The summed E-state index contributed by atoms with van der Waals surface area (Å²) in [5.74, 6) is -4.42. The van der Waals surface area contributed by atoms with Crippen molar-refractivity contribution in [2.45, 2.75) is 56.6 Å². The number of fused-ring (bicyclic) bond motifs is 3. The number of hydrogen-bond donors (Lipinski definition) is 2. The van der Waals surface area contributed by atoms with Crippen LogP contribution in [0.25, 0.3) is 10.9 Å². The van der Waals surface area contributed by atoms with Gasteiger partial charge in [0.25, 0.3) is 0 Å². The molecule has 1 aliphatic carbocycles. The summed E-state index contributed by atoms with van der Waals surface area (Å²) in [5, 5.41) is 11.4. The first kappa shape index (κ1) is 24.1. The Kier molecular flexibility index (Phi) is 5.86. The summed E-state index contributed by atoms with van der Waals surface area (Å²) in [6.45, 7) is 0.102. The molecule has 0 bridgehead atoms. The lowest BCUT2D eigenvalue weighted by molar-refractivity contribution is -0.155. The monoisotopic (exact) mass is 519 g/mol. The van der Waals surface area contributed by atoms with Crippen LogP contribution in [0.3, 0.4) is 0 Å². The van der Waals surface area contributed by atoms with E-state index in [0.717, 1.165) is 16.5 Å². The number of rotatable bonds is 3. The van der Waals surface area contributed by atoms with E-state index >= 15 is 0 Å². The minimum absolute atomic E-state index is 0.0319. The number of benzene rings is 1. The number of aliphatic hydroxyl groups excluding tert-OH is 1. The molecule has 1 aromatic carbocycles. The first-order chi connectivity index (χ1) is 16.4. The predicted molar refractivity (Wildman–Crippen MR) is 115 cm³/mol. The highest BCUT2D eigenvalue weighted by atomic mass is 35.5. The van der Waals surface area contributed by atoms with Crippen molar-refractivity contribution in [2.75, 3.05) is 11.4 Å². The van der Waals surface area contributed by atoms with Crippen molar-refractivity contribution < 1.29 is 31.4 Å². The third kappa shape index (κ3) is 4.65. The highest BCUT2D eigenvalue weighted by Gasteiger charge is 2.43. The van der Waals surface area contributed by atoms with Crippen LogP contribution < -0.4 is 4.90 Å². The van der Waals surface area contributed by atoms with Gasteiger partial charge in [-0.25, -0.2) is 4.98 Å². The summed E-state index contributed by atoms with van der Waals surface area (Å²) >= 11 is 6.16. The minimum atomic E-state index is -5.18. The predicted octanol–water partition coefficient (Wildman–Crippen LogP) is 5.70. The van der Waals surface area contributed by atoms with Crippen LogP contribution in [-0.2, 0) is 18.8 Å². The smallest absolute Gasteiger partial charge is 0.393 e. The lowest BCUT2D eigenvalue weighted by Crippen LogP contribution is -2.38. The molecule has 3 heterocycles. The quantitative estimate of drug-likeness (QED) is 0.434. The van der Waals surface area contributed by atoms with Crippen molar-refractivity contribution in [2.24, 2.45) is 5.92 Å². The zero-order valence-electron chi connectivity index (χ0n) is 18.1. The molecule has 35 heavy (non-hydrogen) atoms. The van der Waals surface area contributed by atoms with Crippen LogP contribution in [0.5, 0.6) is 0 Å². The molecule has 6 nitrogen and oxygen atoms in total. The van der Waals surface area contributed by atoms with E-state index in [1.165, 1.54) is 4.90 Å². The number of aliphatic hydroxyl groups is 1. The molecule has 3 atom stereocenters. The van der Waals surface area contributed by atoms with E-state index < -0.39 is 42.1 Å². The average Bonchev–Trinajstić information content (AvgIpc) is 3.35. The maximum Gasteiger partial charge on any atom is 0.451 e. The molecule has 1 fully saturated rings. The number of aromatic amines is 1. The molecule has 0 amide bonds. The van der Waals surface area contributed by atoms with E-state index in [1.807, 2.05) is 0 Å². The maximum absolute atomic E-state index is 13.4. The molecular formula is C22H20ClF6N5O. The van der Waals surface area contributed by atoms with Crippen molar-refractivity contribution in [3.63, 3.8) is 0 Å². The van der Waals surface area contributed by atoms with E-state index in [-0.39, 0.29) is 12.5 Å². The first-order valence-corrected chi connectivity index (χ1v) is 11.4. The molecule has 2 aromatic heterocycles. The lowest BCUT2D eigenvalue weighted by Gasteiger charge is -2.37. The molecule has 0 radical (unpaired) electrons. The average molecular weight is 520 g/mol. The van der Waals surface area contributed by atoms with Crippen LogP contribution in [0.1, 0.15) is 54.6 Å². The van der Waals surface area contributed by atoms with Crippen LogP contribution in [0.4, 0.5) is 32.3 Å². The van der Waals surface area contributed by atoms with Gasteiger partial charge in [0.1, 0.15) is 0 Å². The Morgan fingerprint density at radius 2 is 1.71 bits per heavy atom. The number of halogens is 7. The molecule has 188 valence electrons. The van der Waals surface area contributed by atoms with Crippen LogP contribution in [0, 0.1) is 5.92 Å². The zero-order chi connectivity index (χ0) is 25.1. The third-order valence-corrected chi connectivity index (χ3v) is 6.91. The Balaban J connectivity index is 1.63. The summed E-state index contributed by atoms with van der Waals surface area (Å²) in [6, 6.07) is 4.64. The van der Waals surface area contributed by atoms with Gasteiger partial charge < -0.3 is 15.0 Å². The largest absolute Gasteiger partial charge is 0.451 e. The minimum Gasteiger partial charge on any atom is -0.393 e. The van der Waals surface area contributed by atoms with Crippen LogP contribution in [0.2, 0.25) is 5.02 Å². The second-order valence-electron chi connectivity index (χ2n) is 9.01. The third-order valence-electron chi connectivity index (χ3n) is 6.67. The highest BCUT2D eigenvalue weighted by molar-refractivity contribution is 6.31. The Hall–Kier alpha value is -2.60. The number of H-pyrrole nitrogens is 1. The van der Waals surface area contributed by atoms with E-state index in [1.54, 1.807) is 18.2 Å². The molecule has 0 spiro atoms. The first-order valence-electron chi connectivity index (χ1n) is 11.1. The van der Waals surface area contributed by atoms with E-state index in [0.29, 0.717) is 42.8 Å². The second-order valence-corrected chi connectivity index (χ2v) is 9.45. The number of aromatic nitrogens is 4. The SMILES string of the molecule is O[C@@H]1CC[C@H](C[C@H]2c3[nH]c4ccc(Cl)cc4c3CCN2c2nc(C(F)(F)F)nc(C(F)(F)F)n2)C1. The molecule has 2 N–H and O–H groups in total. The van der Waals surface area contributed by atoms with Gasteiger partial charge in [-0.05, 0) is 61.8 Å². The van der Waals surface area contributed by atoms with Gasteiger partial charge in [0, 0.05) is 28.2 Å². The number of hydrogen-bond acceptors (Lipinski definition) is 5.